The van der Waals surface area contributed by atoms with Crippen LogP contribution in [-0.2, 0) is 4.74 Å². The molecule has 1 rings (SSSR count). The summed E-state index contributed by atoms with van der Waals surface area (Å²) in [6.45, 7) is 8.33. The summed E-state index contributed by atoms with van der Waals surface area (Å²) in [5, 5.41) is 6.18. The lowest BCUT2D eigenvalue weighted by Gasteiger charge is -2.13. The Kier molecular flexibility index (Phi) is 8.59. The molecule has 1 saturated heterocycles. The molecule has 0 aromatic rings. The molecule has 0 saturated carbocycles. The van der Waals surface area contributed by atoms with Gasteiger partial charge in [-0.2, -0.15) is 0 Å². The van der Waals surface area contributed by atoms with Crippen LogP contribution in [0.2, 0.25) is 0 Å². The first kappa shape index (κ1) is 15.2. The van der Waals surface area contributed by atoms with Gasteiger partial charge in [-0.25, -0.2) is 4.79 Å². The Morgan fingerprint density at radius 1 is 1.28 bits per heavy atom. The third kappa shape index (κ3) is 6.81. The number of hydrogen-bond donors (Lipinski definition) is 2. The first-order chi connectivity index (χ1) is 8.84. The number of amides is 2. The second kappa shape index (κ2) is 10.1. The number of rotatable bonds is 11. The van der Waals surface area contributed by atoms with Crippen LogP contribution in [0.15, 0.2) is 0 Å². The Labute approximate surface area is 110 Å². The minimum Gasteiger partial charge on any atom is -0.381 e. The number of ether oxygens (including phenoxy) is 1. The Hall–Kier alpha value is -0.810. The highest BCUT2D eigenvalue weighted by atomic mass is 16.5. The Bertz CT molecular complexity index is 224. The van der Waals surface area contributed by atoms with Crippen LogP contribution in [0, 0.1) is 0 Å². The van der Waals surface area contributed by atoms with E-state index in [4.69, 9.17) is 4.74 Å². The van der Waals surface area contributed by atoms with Gasteiger partial charge in [-0.05, 0) is 32.4 Å². The van der Waals surface area contributed by atoms with Crippen molar-refractivity contribution < 1.29 is 9.53 Å². The molecule has 0 aliphatic carbocycles. The fourth-order valence-corrected chi connectivity index (χ4v) is 1.91. The first-order valence-corrected chi connectivity index (χ1v) is 7.16. The van der Waals surface area contributed by atoms with Gasteiger partial charge in [0.05, 0.1) is 0 Å². The van der Waals surface area contributed by atoms with Gasteiger partial charge in [-0.3, -0.25) is 0 Å². The number of nitrogens with zero attached hydrogens (tertiary/aromatic N) is 1. The van der Waals surface area contributed by atoms with Crippen LogP contribution in [0.1, 0.15) is 32.6 Å². The summed E-state index contributed by atoms with van der Waals surface area (Å²) in [5.41, 5.74) is 0. The van der Waals surface area contributed by atoms with Gasteiger partial charge in [0.25, 0.3) is 0 Å². The van der Waals surface area contributed by atoms with Crippen LogP contribution in [0.25, 0.3) is 0 Å². The molecule has 5 heteroatoms. The number of unbranched alkanes of at least 4 members (excludes halogenated alkanes) is 1. The lowest BCUT2D eigenvalue weighted by molar-refractivity contribution is 0.123. The van der Waals surface area contributed by atoms with E-state index < -0.39 is 0 Å². The predicted octanol–water partition coefficient (Wildman–Crippen LogP) is 1.20. The molecule has 106 valence electrons. The lowest BCUT2D eigenvalue weighted by Crippen LogP contribution is -2.29. The summed E-state index contributed by atoms with van der Waals surface area (Å²) in [6, 6.07) is 0.0649. The summed E-state index contributed by atoms with van der Waals surface area (Å²) >= 11 is 0. The maximum absolute atomic E-state index is 11.2. The second-order valence-electron chi connectivity index (χ2n) is 4.64. The van der Waals surface area contributed by atoms with Gasteiger partial charge < -0.3 is 20.3 Å². The van der Waals surface area contributed by atoms with Gasteiger partial charge in [0.15, 0.2) is 0 Å². The van der Waals surface area contributed by atoms with Crippen LogP contribution in [0.3, 0.4) is 0 Å². The summed E-state index contributed by atoms with van der Waals surface area (Å²) in [5.74, 6) is 0. The van der Waals surface area contributed by atoms with Gasteiger partial charge in [0.2, 0.25) is 0 Å². The van der Waals surface area contributed by atoms with Crippen molar-refractivity contribution in [2.45, 2.75) is 32.6 Å². The first-order valence-electron chi connectivity index (χ1n) is 7.16. The normalized spacial score (nSPS) is 15.2. The Morgan fingerprint density at radius 2 is 2.06 bits per heavy atom. The molecule has 0 aromatic carbocycles. The number of carbonyl (C=O) groups is 1. The zero-order valence-corrected chi connectivity index (χ0v) is 11.5. The molecule has 0 atom stereocenters. The predicted molar refractivity (Wildman–Crippen MR) is 72.8 cm³/mol. The number of nitrogens with one attached hydrogen (secondary N) is 2. The van der Waals surface area contributed by atoms with Gasteiger partial charge in [-0.1, -0.05) is 13.3 Å². The quantitative estimate of drug-likeness (QED) is 0.547. The Morgan fingerprint density at radius 3 is 2.78 bits per heavy atom. The van der Waals surface area contributed by atoms with E-state index in [-0.39, 0.29) is 6.03 Å². The van der Waals surface area contributed by atoms with Gasteiger partial charge in [0.1, 0.15) is 0 Å². The molecule has 0 unspecified atom stereocenters. The van der Waals surface area contributed by atoms with Crippen molar-refractivity contribution in [1.82, 2.24) is 15.5 Å². The highest BCUT2D eigenvalue weighted by Crippen LogP contribution is 1.98. The van der Waals surface area contributed by atoms with E-state index in [1.165, 1.54) is 12.8 Å². The number of urea groups is 1. The van der Waals surface area contributed by atoms with Crippen LogP contribution in [0.4, 0.5) is 4.79 Å². The molecule has 0 aromatic heterocycles. The molecule has 2 amide bonds. The monoisotopic (exact) mass is 257 g/mol. The highest BCUT2D eigenvalue weighted by Gasteiger charge is 2.17. The van der Waals surface area contributed by atoms with Crippen molar-refractivity contribution >= 4 is 6.03 Å². The molecular weight excluding hydrogens is 230 g/mol. The molecule has 18 heavy (non-hydrogen) atoms. The van der Waals surface area contributed by atoms with Crippen LogP contribution < -0.4 is 10.6 Å². The van der Waals surface area contributed by atoms with Crippen molar-refractivity contribution in [2.24, 2.45) is 0 Å². The van der Waals surface area contributed by atoms with Crippen LogP contribution >= 0.6 is 0 Å². The second-order valence-corrected chi connectivity index (χ2v) is 4.64. The SMILES string of the molecule is CCCCNCCCOCCCN1CCNC1=O. The summed E-state index contributed by atoms with van der Waals surface area (Å²) < 4.78 is 5.54. The van der Waals surface area contributed by atoms with E-state index in [0.717, 1.165) is 58.8 Å². The number of carbonyl (C=O) groups excluding carboxylic acids is 1. The Balaban J connectivity index is 1.77. The minimum absolute atomic E-state index is 0.0649. The molecular formula is C13H27N3O2. The maximum atomic E-state index is 11.2. The molecule has 1 aliphatic rings. The van der Waals surface area contributed by atoms with Crippen molar-refractivity contribution in [3.8, 4) is 0 Å². The fraction of sp³-hybridized carbons (Fsp3) is 0.923. The van der Waals surface area contributed by atoms with Crippen LogP contribution in [0.5, 0.6) is 0 Å². The molecule has 2 N–H and O–H groups in total. The average Bonchev–Trinajstić information content (AvgIpc) is 2.77. The van der Waals surface area contributed by atoms with E-state index in [1.54, 1.807) is 0 Å². The van der Waals surface area contributed by atoms with Crippen molar-refractivity contribution in [2.75, 3.05) is 45.9 Å². The molecule has 0 bridgehead atoms. The third-order valence-corrected chi connectivity index (χ3v) is 3.01. The van der Waals surface area contributed by atoms with E-state index in [0.29, 0.717) is 0 Å². The van der Waals surface area contributed by atoms with Crippen molar-refractivity contribution in [3.63, 3.8) is 0 Å². The van der Waals surface area contributed by atoms with Gasteiger partial charge in [-0.15, -0.1) is 0 Å². The molecule has 1 heterocycles. The van der Waals surface area contributed by atoms with Crippen molar-refractivity contribution in [3.05, 3.63) is 0 Å². The topological polar surface area (TPSA) is 53.6 Å². The molecule has 0 spiro atoms. The largest absolute Gasteiger partial charge is 0.381 e. The van der Waals surface area contributed by atoms with E-state index in [1.807, 2.05) is 4.90 Å². The molecule has 0 radical (unpaired) electrons. The van der Waals surface area contributed by atoms with E-state index in [9.17, 15) is 4.79 Å². The molecule has 1 fully saturated rings. The molecule has 1 aliphatic heterocycles. The standard InChI is InChI=1S/C13H27N3O2/c1-2-3-6-14-7-4-11-18-12-5-9-16-10-8-15-13(16)17/h14H,2-12H2,1H3,(H,15,17). The summed E-state index contributed by atoms with van der Waals surface area (Å²) in [4.78, 5) is 13.1. The minimum atomic E-state index is 0.0649. The van der Waals surface area contributed by atoms with E-state index >= 15 is 0 Å². The zero-order valence-electron chi connectivity index (χ0n) is 11.5. The zero-order chi connectivity index (χ0) is 13.1. The third-order valence-electron chi connectivity index (χ3n) is 3.01. The average molecular weight is 257 g/mol. The van der Waals surface area contributed by atoms with Gasteiger partial charge in [0, 0.05) is 32.8 Å². The smallest absolute Gasteiger partial charge is 0.317 e. The van der Waals surface area contributed by atoms with Crippen molar-refractivity contribution in [1.29, 1.82) is 0 Å². The molecule has 5 nitrogen and oxygen atoms in total. The number of hydrogen-bond acceptors (Lipinski definition) is 3. The maximum Gasteiger partial charge on any atom is 0.317 e. The van der Waals surface area contributed by atoms with Gasteiger partial charge >= 0.3 is 6.03 Å². The fourth-order valence-electron chi connectivity index (χ4n) is 1.91. The highest BCUT2D eigenvalue weighted by molar-refractivity contribution is 5.76. The summed E-state index contributed by atoms with van der Waals surface area (Å²) in [7, 11) is 0. The van der Waals surface area contributed by atoms with E-state index in [2.05, 4.69) is 17.6 Å². The summed E-state index contributed by atoms with van der Waals surface area (Å²) in [6.07, 6.45) is 4.48. The van der Waals surface area contributed by atoms with Crippen LogP contribution in [-0.4, -0.2) is 56.9 Å². The lowest BCUT2D eigenvalue weighted by atomic mass is 10.3.